The Labute approximate surface area is 206 Å². The molecule has 2 amide bonds. The van der Waals surface area contributed by atoms with E-state index >= 15 is 4.39 Å². The number of carbonyl (C=O) groups is 2. The molecule has 0 aromatic carbocycles. The summed E-state index contributed by atoms with van der Waals surface area (Å²) in [6, 6.07) is 0.572. The maximum Gasteiger partial charge on any atom is 0.243 e. The number of amides is 2. The molecule has 4 rings (SSSR count). The number of halogens is 1. The SMILES string of the molecule is Cc1nc(NNC(=O)[C@H](CC2CCCC2)CN(O)C=O)c(F)c(N2CCN(C)C3CCCCC32)n1. The van der Waals surface area contributed by atoms with Crippen LogP contribution in [0.1, 0.15) is 63.6 Å². The number of likely N-dealkylation sites (N-methyl/N-ethyl adjacent to an activating group) is 1. The van der Waals surface area contributed by atoms with E-state index in [0.717, 1.165) is 51.5 Å². The van der Waals surface area contributed by atoms with Crippen LogP contribution in [0.2, 0.25) is 0 Å². The van der Waals surface area contributed by atoms with E-state index in [1.165, 1.54) is 6.42 Å². The fourth-order valence-corrected chi connectivity index (χ4v) is 6.05. The molecule has 3 atom stereocenters. The summed E-state index contributed by atoms with van der Waals surface area (Å²) in [7, 11) is 2.13. The highest BCUT2D eigenvalue weighted by Gasteiger charge is 2.38. The first-order valence-corrected chi connectivity index (χ1v) is 12.8. The van der Waals surface area contributed by atoms with Gasteiger partial charge in [-0.25, -0.2) is 15.0 Å². The van der Waals surface area contributed by atoms with Gasteiger partial charge in [0, 0.05) is 25.2 Å². The molecule has 0 bridgehead atoms. The molecule has 2 aliphatic carbocycles. The quantitative estimate of drug-likeness (QED) is 0.274. The number of anilines is 2. The predicted molar refractivity (Wildman–Crippen MR) is 129 cm³/mol. The zero-order valence-electron chi connectivity index (χ0n) is 20.7. The van der Waals surface area contributed by atoms with Crippen LogP contribution < -0.4 is 15.8 Å². The molecule has 3 fully saturated rings. The third-order valence-electron chi connectivity index (χ3n) is 7.87. The first kappa shape index (κ1) is 25.6. The first-order chi connectivity index (χ1) is 16.9. The summed E-state index contributed by atoms with van der Waals surface area (Å²) in [6.45, 7) is 3.11. The van der Waals surface area contributed by atoms with Crippen LogP contribution in [0, 0.1) is 24.6 Å². The number of aromatic nitrogens is 2. The standard InChI is InChI=1S/C24H38FN7O3/c1-16-26-22(28-29-24(34)18(14-31(35)15-33)13-17-7-3-4-8-17)21(25)23(27-16)32-12-11-30(2)19-9-5-6-10-20(19)32/h15,17-20,35H,3-14H2,1-2H3,(H,29,34)(H,26,27,28)/t18-,19?,20?/m1/s1. The molecule has 3 N–H and O–H groups in total. The van der Waals surface area contributed by atoms with Crippen LogP contribution >= 0.6 is 0 Å². The third-order valence-corrected chi connectivity index (χ3v) is 7.87. The maximum absolute atomic E-state index is 15.6. The summed E-state index contributed by atoms with van der Waals surface area (Å²) in [6.07, 6.45) is 9.52. The topological polar surface area (TPSA) is 114 Å². The van der Waals surface area contributed by atoms with Crippen molar-refractivity contribution in [1.82, 2.24) is 25.4 Å². The molecule has 1 aliphatic heterocycles. The van der Waals surface area contributed by atoms with E-state index in [-0.39, 0.29) is 30.6 Å². The minimum atomic E-state index is -0.619. The summed E-state index contributed by atoms with van der Waals surface area (Å²) in [5.41, 5.74) is 5.22. The molecule has 35 heavy (non-hydrogen) atoms. The van der Waals surface area contributed by atoms with Gasteiger partial charge in [-0.1, -0.05) is 38.5 Å². The van der Waals surface area contributed by atoms with Gasteiger partial charge in [0.2, 0.25) is 18.1 Å². The molecule has 11 heteroatoms. The van der Waals surface area contributed by atoms with Gasteiger partial charge >= 0.3 is 0 Å². The summed E-state index contributed by atoms with van der Waals surface area (Å²) in [4.78, 5) is 36.9. The summed E-state index contributed by atoms with van der Waals surface area (Å²) in [5.74, 6) is -0.652. The van der Waals surface area contributed by atoms with Gasteiger partial charge in [-0.3, -0.25) is 30.5 Å². The van der Waals surface area contributed by atoms with E-state index < -0.39 is 17.6 Å². The lowest BCUT2D eigenvalue weighted by Crippen LogP contribution is -2.60. The Morgan fingerprint density at radius 2 is 1.86 bits per heavy atom. The van der Waals surface area contributed by atoms with Gasteiger partial charge in [0.25, 0.3) is 0 Å². The lowest BCUT2D eigenvalue weighted by atomic mass is 9.86. The molecule has 0 spiro atoms. The number of hydroxylamine groups is 2. The fourth-order valence-electron chi connectivity index (χ4n) is 6.05. The normalized spacial score (nSPS) is 24.1. The highest BCUT2D eigenvalue weighted by Crippen LogP contribution is 2.34. The van der Waals surface area contributed by atoms with Gasteiger partial charge in [-0.05, 0) is 39.2 Å². The van der Waals surface area contributed by atoms with Gasteiger partial charge in [0.1, 0.15) is 5.82 Å². The molecule has 1 aromatic rings. The number of fused-ring (bicyclic) bond motifs is 1. The number of piperazine rings is 1. The van der Waals surface area contributed by atoms with Crippen molar-refractivity contribution < 1.29 is 19.2 Å². The van der Waals surface area contributed by atoms with Crippen molar-refractivity contribution in [1.29, 1.82) is 0 Å². The Morgan fingerprint density at radius 1 is 1.17 bits per heavy atom. The average Bonchev–Trinajstić information content (AvgIpc) is 3.37. The van der Waals surface area contributed by atoms with E-state index in [4.69, 9.17) is 0 Å². The van der Waals surface area contributed by atoms with Crippen LogP contribution in [0.25, 0.3) is 0 Å². The van der Waals surface area contributed by atoms with Crippen LogP contribution in [0.4, 0.5) is 16.0 Å². The molecule has 2 saturated carbocycles. The van der Waals surface area contributed by atoms with Crippen LogP contribution in [-0.4, -0.2) is 76.2 Å². The van der Waals surface area contributed by atoms with Crippen molar-refractivity contribution in [3.63, 3.8) is 0 Å². The Morgan fingerprint density at radius 3 is 2.57 bits per heavy atom. The second-order valence-corrected chi connectivity index (χ2v) is 10.3. The molecular weight excluding hydrogens is 453 g/mol. The van der Waals surface area contributed by atoms with Crippen molar-refractivity contribution >= 4 is 24.0 Å². The number of nitrogens with one attached hydrogen (secondary N) is 2. The lowest BCUT2D eigenvalue weighted by Gasteiger charge is -2.49. The van der Waals surface area contributed by atoms with Crippen LogP contribution in [0.3, 0.4) is 0 Å². The number of hydrogen-bond acceptors (Lipinski definition) is 8. The second kappa shape index (κ2) is 11.5. The summed E-state index contributed by atoms with van der Waals surface area (Å²) < 4.78 is 15.6. The van der Waals surface area contributed by atoms with Crippen molar-refractivity contribution in [2.24, 2.45) is 11.8 Å². The summed E-state index contributed by atoms with van der Waals surface area (Å²) >= 11 is 0. The number of hydrazine groups is 1. The minimum absolute atomic E-state index is 0.0806. The van der Waals surface area contributed by atoms with Gasteiger partial charge in [0.05, 0.1) is 12.5 Å². The first-order valence-electron chi connectivity index (χ1n) is 12.8. The Kier molecular flexibility index (Phi) is 8.38. The number of aryl methyl sites for hydroxylation is 1. The zero-order valence-corrected chi connectivity index (χ0v) is 20.7. The average molecular weight is 492 g/mol. The number of carbonyl (C=O) groups excluding carboxylic acids is 2. The van der Waals surface area contributed by atoms with Crippen molar-refractivity contribution in [3.05, 3.63) is 11.6 Å². The van der Waals surface area contributed by atoms with Crippen molar-refractivity contribution in [2.75, 3.05) is 37.0 Å². The Hall–Kier alpha value is -2.53. The molecule has 0 radical (unpaired) electrons. The molecule has 10 nitrogen and oxygen atoms in total. The Balaban J connectivity index is 1.48. The molecular formula is C24H38FN7O3. The Bertz CT molecular complexity index is 898. The summed E-state index contributed by atoms with van der Waals surface area (Å²) in [5, 5.41) is 10.2. The van der Waals surface area contributed by atoms with Gasteiger partial charge < -0.3 is 4.90 Å². The highest BCUT2D eigenvalue weighted by molar-refractivity contribution is 5.80. The van der Waals surface area contributed by atoms with E-state index in [2.05, 4.69) is 37.7 Å². The van der Waals surface area contributed by atoms with E-state index in [0.29, 0.717) is 35.8 Å². The molecule has 2 unspecified atom stereocenters. The minimum Gasteiger partial charge on any atom is -0.348 e. The number of rotatable bonds is 9. The molecule has 2 heterocycles. The second-order valence-electron chi connectivity index (χ2n) is 10.3. The molecule has 1 saturated heterocycles. The van der Waals surface area contributed by atoms with E-state index in [9.17, 15) is 14.8 Å². The zero-order chi connectivity index (χ0) is 24.9. The van der Waals surface area contributed by atoms with Crippen LogP contribution in [0.15, 0.2) is 0 Å². The lowest BCUT2D eigenvalue weighted by molar-refractivity contribution is -0.154. The molecule has 1 aromatic heterocycles. The highest BCUT2D eigenvalue weighted by atomic mass is 19.1. The fraction of sp³-hybridized carbons (Fsp3) is 0.750. The largest absolute Gasteiger partial charge is 0.348 e. The van der Waals surface area contributed by atoms with Gasteiger partial charge in [0.15, 0.2) is 11.6 Å². The molecule has 194 valence electrons. The number of nitrogens with zero attached hydrogens (tertiary/aromatic N) is 5. The monoisotopic (exact) mass is 491 g/mol. The van der Waals surface area contributed by atoms with Crippen LogP contribution in [-0.2, 0) is 9.59 Å². The van der Waals surface area contributed by atoms with Gasteiger partial charge in [-0.2, -0.15) is 4.39 Å². The van der Waals surface area contributed by atoms with Crippen LogP contribution in [0.5, 0.6) is 0 Å². The number of hydrogen-bond donors (Lipinski definition) is 3. The third kappa shape index (κ3) is 6.00. The van der Waals surface area contributed by atoms with E-state index in [1.54, 1.807) is 6.92 Å². The predicted octanol–water partition coefficient (Wildman–Crippen LogP) is 2.47. The smallest absolute Gasteiger partial charge is 0.243 e. The van der Waals surface area contributed by atoms with Gasteiger partial charge in [-0.15, -0.1) is 0 Å². The van der Waals surface area contributed by atoms with E-state index in [1.807, 2.05) is 0 Å². The van der Waals surface area contributed by atoms with Crippen molar-refractivity contribution in [3.8, 4) is 0 Å². The molecule has 3 aliphatic rings. The maximum atomic E-state index is 15.6. The van der Waals surface area contributed by atoms with Crippen molar-refractivity contribution in [2.45, 2.75) is 76.8 Å².